The standard InChI is InChI=1S/C20H18BrNO4/c1-3-25-20-17(21)12-14(13-19(20)24-2)4-9-18(23)15-5-7-16(8-6-15)26-11-10-22/h4-9,12-13H,3,11H2,1-2H3/b9-4+. The molecule has 0 bridgehead atoms. The van der Waals surface area contributed by atoms with E-state index in [4.69, 9.17) is 19.5 Å². The molecule has 0 radical (unpaired) electrons. The number of carbonyl (C=O) groups excluding carboxylic acids is 1. The van der Waals surface area contributed by atoms with E-state index in [-0.39, 0.29) is 12.4 Å². The summed E-state index contributed by atoms with van der Waals surface area (Å²) >= 11 is 3.46. The Kier molecular flexibility index (Phi) is 7.24. The van der Waals surface area contributed by atoms with Crippen molar-refractivity contribution in [2.24, 2.45) is 0 Å². The molecule has 0 amide bonds. The van der Waals surface area contributed by atoms with Crippen LogP contribution in [0.4, 0.5) is 0 Å². The van der Waals surface area contributed by atoms with Gasteiger partial charge in [-0.25, -0.2) is 0 Å². The highest BCUT2D eigenvalue weighted by atomic mass is 79.9. The molecule has 0 spiro atoms. The number of methoxy groups -OCH3 is 1. The minimum atomic E-state index is -0.138. The third-order valence-corrected chi connectivity index (χ3v) is 4.00. The summed E-state index contributed by atoms with van der Waals surface area (Å²) in [7, 11) is 1.57. The molecular weight excluding hydrogens is 398 g/mol. The van der Waals surface area contributed by atoms with Crippen molar-refractivity contribution in [1.29, 1.82) is 5.26 Å². The zero-order chi connectivity index (χ0) is 18.9. The topological polar surface area (TPSA) is 68.5 Å². The van der Waals surface area contributed by atoms with Crippen LogP contribution >= 0.6 is 15.9 Å². The summed E-state index contributed by atoms with van der Waals surface area (Å²) in [6.07, 6.45) is 3.21. The molecule has 0 aliphatic heterocycles. The van der Waals surface area contributed by atoms with Crippen molar-refractivity contribution in [3.8, 4) is 23.3 Å². The summed E-state index contributed by atoms with van der Waals surface area (Å²) in [5.74, 6) is 1.63. The van der Waals surface area contributed by atoms with Crippen LogP contribution in [0, 0.1) is 11.3 Å². The Morgan fingerprint density at radius 1 is 1.23 bits per heavy atom. The minimum Gasteiger partial charge on any atom is -0.493 e. The molecule has 0 N–H and O–H groups in total. The second kappa shape index (κ2) is 9.64. The van der Waals surface area contributed by atoms with Crippen LogP contribution < -0.4 is 14.2 Å². The zero-order valence-corrected chi connectivity index (χ0v) is 16.1. The van der Waals surface area contributed by atoms with E-state index in [1.54, 1.807) is 43.5 Å². The second-order valence-corrected chi connectivity index (χ2v) is 5.99. The number of rotatable bonds is 8. The maximum absolute atomic E-state index is 12.3. The van der Waals surface area contributed by atoms with E-state index in [1.165, 1.54) is 6.08 Å². The van der Waals surface area contributed by atoms with Gasteiger partial charge in [0.15, 0.2) is 23.9 Å². The molecule has 0 unspecified atom stereocenters. The summed E-state index contributed by atoms with van der Waals surface area (Å²) in [6, 6.07) is 12.2. The summed E-state index contributed by atoms with van der Waals surface area (Å²) in [6.45, 7) is 2.40. The molecule has 5 nitrogen and oxygen atoms in total. The van der Waals surface area contributed by atoms with Crippen LogP contribution in [0.15, 0.2) is 46.9 Å². The molecule has 0 saturated heterocycles. The predicted octanol–water partition coefficient (Wildman–Crippen LogP) is 4.65. The fraction of sp³-hybridized carbons (Fsp3) is 0.200. The molecule has 0 atom stereocenters. The van der Waals surface area contributed by atoms with Crippen molar-refractivity contribution >= 4 is 27.8 Å². The lowest BCUT2D eigenvalue weighted by atomic mass is 10.1. The molecule has 0 heterocycles. The lowest BCUT2D eigenvalue weighted by Gasteiger charge is -2.12. The predicted molar refractivity (Wildman–Crippen MR) is 103 cm³/mol. The van der Waals surface area contributed by atoms with E-state index in [0.717, 1.165) is 10.0 Å². The van der Waals surface area contributed by atoms with Crippen LogP contribution in [0.25, 0.3) is 6.08 Å². The number of halogens is 1. The number of hydrogen-bond acceptors (Lipinski definition) is 5. The Balaban J connectivity index is 2.14. The van der Waals surface area contributed by atoms with Gasteiger partial charge in [-0.05, 0) is 70.9 Å². The second-order valence-electron chi connectivity index (χ2n) is 5.14. The first kappa shape index (κ1) is 19.5. The lowest BCUT2D eigenvalue weighted by molar-refractivity contribution is 0.104. The quantitative estimate of drug-likeness (QED) is 0.463. The van der Waals surface area contributed by atoms with Gasteiger partial charge in [0.2, 0.25) is 0 Å². The molecule has 2 rings (SSSR count). The molecule has 0 saturated carbocycles. The monoisotopic (exact) mass is 415 g/mol. The fourth-order valence-electron chi connectivity index (χ4n) is 2.22. The average Bonchev–Trinajstić information content (AvgIpc) is 2.66. The Hall–Kier alpha value is -2.78. The van der Waals surface area contributed by atoms with E-state index in [1.807, 2.05) is 19.1 Å². The lowest BCUT2D eigenvalue weighted by Crippen LogP contribution is -1.98. The molecule has 26 heavy (non-hydrogen) atoms. The van der Waals surface area contributed by atoms with Gasteiger partial charge in [-0.1, -0.05) is 6.08 Å². The summed E-state index contributed by atoms with van der Waals surface area (Å²) in [5.41, 5.74) is 1.34. The maximum atomic E-state index is 12.3. The number of benzene rings is 2. The van der Waals surface area contributed by atoms with Crippen molar-refractivity contribution < 1.29 is 19.0 Å². The van der Waals surface area contributed by atoms with Gasteiger partial charge in [0.1, 0.15) is 11.8 Å². The van der Waals surface area contributed by atoms with E-state index in [9.17, 15) is 4.79 Å². The van der Waals surface area contributed by atoms with Gasteiger partial charge in [0, 0.05) is 5.56 Å². The van der Waals surface area contributed by atoms with Crippen molar-refractivity contribution in [3.05, 3.63) is 58.1 Å². The number of ketones is 1. The zero-order valence-electron chi connectivity index (χ0n) is 14.5. The summed E-state index contributed by atoms with van der Waals surface area (Å²) < 4.78 is 16.8. The van der Waals surface area contributed by atoms with Gasteiger partial charge in [0.05, 0.1) is 18.2 Å². The van der Waals surface area contributed by atoms with Crippen molar-refractivity contribution in [1.82, 2.24) is 0 Å². The van der Waals surface area contributed by atoms with Crippen LogP contribution in [0.3, 0.4) is 0 Å². The first-order valence-electron chi connectivity index (χ1n) is 7.91. The molecule has 2 aromatic carbocycles. The third-order valence-electron chi connectivity index (χ3n) is 3.41. The molecule has 0 aromatic heterocycles. The van der Waals surface area contributed by atoms with Crippen LogP contribution in [0.5, 0.6) is 17.2 Å². The van der Waals surface area contributed by atoms with Gasteiger partial charge >= 0.3 is 0 Å². The molecule has 134 valence electrons. The number of allylic oxidation sites excluding steroid dienone is 1. The maximum Gasteiger partial charge on any atom is 0.185 e. The Labute approximate surface area is 160 Å². The largest absolute Gasteiger partial charge is 0.493 e. The number of ether oxygens (including phenoxy) is 3. The first-order chi connectivity index (χ1) is 12.6. The van der Waals surface area contributed by atoms with Gasteiger partial charge in [-0.2, -0.15) is 5.26 Å². The SMILES string of the molecule is CCOc1c(Br)cc(/C=C/C(=O)c2ccc(OCC#N)cc2)cc1OC. The fourth-order valence-corrected chi connectivity index (χ4v) is 2.79. The van der Waals surface area contributed by atoms with E-state index < -0.39 is 0 Å². The van der Waals surface area contributed by atoms with Gasteiger partial charge in [0.25, 0.3) is 0 Å². The van der Waals surface area contributed by atoms with E-state index in [0.29, 0.717) is 29.4 Å². The number of carbonyl (C=O) groups is 1. The average molecular weight is 416 g/mol. The number of hydrogen-bond donors (Lipinski definition) is 0. The Morgan fingerprint density at radius 2 is 1.96 bits per heavy atom. The van der Waals surface area contributed by atoms with Crippen LogP contribution in [-0.2, 0) is 0 Å². The van der Waals surface area contributed by atoms with Crippen LogP contribution in [0.2, 0.25) is 0 Å². The van der Waals surface area contributed by atoms with Gasteiger partial charge in [-0.15, -0.1) is 0 Å². The molecule has 0 aliphatic rings. The molecule has 0 aliphatic carbocycles. The van der Waals surface area contributed by atoms with Crippen LogP contribution in [-0.4, -0.2) is 26.1 Å². The normalized spacial score (nSPS) is 10.4. The molecule has 2 aromatic rings. The van der Waals surface area contributed by atoms with Crippen molar-refractivity contribution in [2.45, 2.75) is 6.92 Å². The molecule has 0 fully saturated rings. The molecule has 6 heteroatoms. The number of nitriles is 1. The van der Waals surface area contributed by atoms with Gasteiger partial charge in [-0.3, -0.25) is 4.79 Å². The summed E-state index contributed by atoms with van der Waals surface area (Å²) in [4.78, 5) is 12.3. The highest BCUT2D eigenvalue weighted by Crippen LogP contribution is 2.37. The highest BCUT2D eigenvalue weighted by Gasteiger charge is 2.10. The van der Waals surface area contributed by atoms with Crippen molar-refractivity contribution in [3.63, 3.8) is 0 Å². The Morgan fingerprint density at radius 3 is 2.58 bits per heavy atom. The Bertz CT molecular complexity index is 838. The third kappa shape index (κ3) is 5.11. The van der Waals surface area contributed by atoms with Crippen LogP contribution in [0.1, 0.15) is 22.8 Å². The smallest absolute Gasteiger partial charge is 0.185 e. The highest BCUT2D eigenvalue weighted by molar-refractivity contribution is 9.10. The number of nitrogens with zero attached hydrogens (tertiary/aromatic N) is 1. The van der Waals surface area contributed by atoms with E-state index in [2.05, 4.69) is 15.9 Å². The molecular formula is C20H18BrNO4. The van der Waals surface area contributed by atoms with Gasteiger partial charge < -0.3 is 14.2 Å². The first-order valence-corrected chi connectivity index (χ1v) is 8.71. The summed E-state index contributed by atoms with van der Waals surface area (Å²) in [5, 5.41) is 8.49. The minimum absolute atomic E-state index is 0.0261. The van der Waals surface area contributed by atoms with Crippen molar-refractivity contribution in [2.75, 3.05) is 20.3 Å². The van der Waals surface area contributed by atoms with E-state index >= 15 is 0 Å².